The molecule has 1 saturated heterocycles. The van der Waals surface area contributed by atoms with Gasteiger partial charge in [-0.2, -0.15) is 16.9 Å². The van der Waals surface area contributed by atoms with E-state index >= 15 is 0 Å². The van der Waals surface area contributed by atoms with Crippen LogP contribution in [-0.2, 0) is 11.8 Å². The zero-order chi connectivity index (χ0) is 14.9. The fraction of sp³-hybridized carbons (Fsp3) is 0.615. The number of hydrogen-bond donors (Lipinski definition) is 2. The maximum atomic E-state index is 12.4. The van der Waals surface area contributed by atoms with Crippen molar-refractivity contribution >= 4 is 23.6 Å². The van der Waals surface area contributed by atoms with Gasteiger partial charge in [-0.15, -0.1) is 0 Å². The summed E-state index contributed by atoms with van der Waals surface area (Å²) in [7, 11) is 1.77. The summed E-state index contributed by atoms with van der Waals surface area (Å²) in [6.07, 6.45) is 0.911. The molecule has 20 heavy (non-hydrogen) atoms. The van der Waals surface area contributed by atoms with E-state index in [2.05, 4.69) is 10.4 Å². The second kappa shape index (κ2) is 5.47. The molecule has 1 fully saturated rings. The van der Waals surface area contributed by atoms with Crippen molar-refractivity contribution in [2.45, 2.75) is 32.2 Å². The predicted molar refractivity (Wildman–Crippen MR) is 77.1 cm³/mol. The Labute approximate surface area is 121 Å². The summed E-state index contributed by atoms with van der Waals surface area (Å²) in [6, 6.07) is 0. The summed E-state index contributed by atoms with van der Waals surface area (Å²) in [4.78, 5) is 24.0. The smallest absolute Gasteiger partial charge is 0.329 e. The lowest BCUT2D eigenvalue weighted by Crippen LogP contribution is -2.56. The van der Waals surface area contributed by atoms with Crippen LogP contribution >= 0.6 is 11.8 Å². The first-order chi connectivity index (χ1) is 9.37. The number of carboxylic acids is 1. The molecule has 110 valence electrons. The van der Waals surface area contributed by atoms with Crippen molar-refractivity contribution in [3.05, 3.63) is 17.0 Å². The molecular formula is C13H19N3O3S. The van der Waals surface area contributed by atoms with E-state index in [1.165, 1.54) is 0 Å². The van der Waals surface area contributed by atoms with Crippen LogP contribution in [0.15, 0.2) is 0 Å². The number of aliphatic carboxylic acids is 1. The second-order valence-electron chi connectivity index (χ2n) is 5.12. The molecular weight excluding hydrogens is 278 g/mol. The Morgan fingerprint density at radius 2 is 1.95 bits per heavy atom. The third-order valence-corrected chi connectivity index (χ3v) is 4.83. The molecule has 0 radical (unpaired) electrons. The number of thioether (sulfide) groups is 1. The van der Waals surface area contributed by atoms with Crippen LogP contribution in [0.5, 0.6) is 0 Å². The van der Waals surface area contributed by atoms with E-state index in [9.17, 15) is 14.7 Å². The number of nitrogens with zero attached hydrogens (tertiary/aromatic N) is 2. The molecule has 0 unspecified atom stereocenters. The predicted octanol–water partition coefficient (Wildman–Crippen LogP) is 1.12. The van der Waals surface area contributed by atoms with E-state index in [1.54, 1.807) is 37.3 Å². The molecule has 0 spiro atoms. The molecule has 1 aliphatic rings. The lowest BCUT2D eigenvalue weighted by atomic mass is 9.91. The minimum Gasteiger partial charge on any atom is -0.480 e. The Morgan fingerprint density at radius 1 is 1.35 bits per heavy atom. The number of carbonyl (C=O) groups is 2. The first-order valence-corrected chi connectivity index (χ1v) is 7.67. The topological polar surface area (TPSA) is 84.2 Å². The van der Waals surface area contributed by atoms with E-state index in [4.69, 9.17) is 0 Å². The van der Waals surface area contributed by atoms with Gasteiger partial charge in [0.15, 0.2) is 0 Å². The number of hydrogen-bond acceptors (Lipinski definition) is 4. The van der Waals surface area contributed by atoms with Crippen molar-refractivity contribution in [3.8, 4) is 0 Å². The Bertz CT molecular complexity index is 547. The summed E-state index contributed by atoms with van der Waals surface area (Å²) >= 11 is 1.72. The second-order valence-corrected chi connectivity index (χ2v) is 6.35. The minimum absolute atomic E-state index is 0.345. The highest BCUT2D eigenvalue weighted by atomic mass is 32.2. The minimum atomic E-state index is -1.14. The standard InChI is InChI=1S/C13H19N3O3S/c1-8-10(9(2)16(3)15-8)11(17)14-13(12(18)19)4-6-20-7-5-13/h4-7H2,1-3H3,(H,14,17)(H,18,19). The van der Waals surface area contributed by atoms with E-state index < -0.39 is 11.5 Å². The highest BCUT2D eigenvalue weighted by molar-refractivity contribution is 7.99. The van der Waals surface area contributed by atoms with Gasteiger partial charge in [-0.1, -0.05) is 0 Å². The van der Waals surface area contributed by atoms with Crippen LogP contribution in [0, 0.1) is 13.8 Å². The molecule has 0 bridgehead atoms. The Hall–Kier alpha value is -1.50. The molecule has 0 atom stereocenters. The SMILES string of the molecule is Cc1nn(C)c(C)c1C(=O)NC1(C(=O)O)CCSCC1. The zero-order valence-electron chi connectivity index (χ0n) is 11.9. The first-order valence-electron chi connectivity index (χ1n) is 6.51. The van der Waals surface area contributed by atoms with Gasteiger partial charge in [0, 0.05) is 12.7 Å². The van der Waals surface area contributed by atoms with Crippen molar-refractivity contribution in [1.29, 1.82) is 0 Å². The fourth-order valence-electron chi connectivity index (χ4n) is 2.49. The molecule has 1 amide bonds. The molecule has 2 N–H and O–H groups in total. The maximum absolute atomic E-state index is 12.4. The lowest BCUT2D eigenvalue weighted by molar-refractivity contribution is -0.144. The van der Waals surface area contributed by atoms with Crippen molar-refractivity contribution in [1.82, 2.24) is 15.1 Å². The van der Waals surface area contributed by atoms with Gasteiger partial charge >= 0.3 is 5.97 Å². The monoisotopic (exact) mass is 297 g/mol. The number of carbonyl (C=O) groups excluding carboxylic acids is 1. The van der Waals surface area contributed by atoms with Crippen molar-refractivity contribution < 1.29 is 14.7 Å². The Morgan fingerprint density at radius 3 is 2.40 bits per heavy atom. The molecule has 0 aromatic carbocycles. The van der Waals surface area contributed by atoms with Crippen LogP contribution in [0.3, 0.4) is 0 Å². The van der Waals surface area contributed by atoms with Gasteiger partial charge in [0.25, 0.3) is 5.91 Å². The third kappa shape index (κ3) is 2.54. The van der Waals surface area contributed by atoms with Gasteiger partial charge in [-0.05, 0) is 38.2 Å². The molecule has 0 saturated carbocycles. The summed E-state index contributed by atoms with van der Waals surface area (Å²) in [6.45, 7) is 3.56. The average molecular weight is 297 g/mol. The highest BCUT2D eigenvalue weighted by Gasteiger charge is 2.42. The molecule has 6 nitrogen and oxygen atoms in total. The highest BCUT2D eigenvalue weighted by Crippen LogP contribution is 2.28. The van der Waals surface area contributed by atoms with Gasteiger partial charge < -0.3 is 10.4 Å². The van der Waals surface area contributed by atoms with E-state index in [0.717, 1.165) is 17.2 Å². The van der Waals surface area contributed by atoms with Crippen LogP contribution in [0.4, 0.5) is 0 Å². The van der Waals surface area contributed by atoms with Gasteiger partial charge in [-0.25, -0.2) is 4.79 Å². The van der Waals surface area contributed by atoms with E-state index in [-0.39, 0.29) is 5.91 Å². The van der Waals surface area contributed by atoms with Crippen LogP contribution in [0.2, 0.25) is 0 Å². The number of aromatic nitrogens is 2. The number of rotatable bonds is 3. The lowest BCUT2D eigenvalue weighted by Gasteiger charge is -2.33. The van der Waals surface area contributed by atoms with Gasteiger partial charge in [0.05, 0.1) is 11.3 Å². The molecule has 1 aromatic rings. The number of amides is 1. The van der Waals surface area contributed by atoms with Crippen molar-refractivity contribution in [3.63, 3.8) is 0 Å². The van der Waals surface area contributed by atoms with Gasteiger partial charge in [-0.3, -0.25) is 9.48 Å². The molecule has 2 heterocycles. The Kier molecular flexibility index (Phi) is 4.08. The third-order valence-electron chi connectivity index (χ3n) is 3.84. The first kappa shape index (κ1) is 14.9. The van der Waals surface area contributed by atoms with E-state index in [0.29, 0.717) is 24.1 Å². The number of nitrogens with one attached hydrogen (secondary N) is 1. The molecule has 1 aromatic heterocycles. The average Bonchev–Trinajstić information content (AvgIpc) is 2.64. The molecule has 2 rings (SSSR count). The zero-order valence-corrected chi connectivity index (χ0v) is 12.7. The van der Waals surface area contributed by atoms with Crippen LogP contribution < -0.4 is 5.32 Å². The van der Waals surface area contributed by atoms with Crippen molar-refractivity contribution in [2.24, 2.45) is 7.05 Å². The summed E-state index contributed by atoms with van der Waals surface area (Å²) in [5.41, 5.74) is 0.696. The van der Waals surface area contributed by atoms with Crippen LogP contribution in [-0.4, -0.2) is 43.8 Å². The quantitative estimate of drug-likeness (QED) is 0.873. The van der Waals surface area contributed by atoms with Gasteiger partial charge in [0.2, 0.25) is 0 Å². The normalized spacial score (nSPS) is 17.8. The maximum Gasteiger partial charge on any atom is 0.329 e. The number of carboxylic acid groups (broad SMARTS) is 1. The summed E-state index contributed by atoms with van der Waals surface area (Å²) in [5.74, 6) is 0.197. The molecule has 7 heteroatoms. The van der Waals surface area contributed by atoms with Gasteiger partial charge in [0.1, 0.15) is 5.54 Å². The van der Waals surface area contributed by atoms with Crippen LogP contribution in [0.25, 0.3) is 0 Å². The molecule has 0 aliphatic carbocycles. The molecule has 1 aliphatic heterocycles. The number of aryl methyl sites for hydroxylation is 2. The van der Waals surface area contributed by atoms with Crippen molar-refractivity contribution in [2.75, 3.05) is 11.5 Å². The summed E-state index contributed by atoms with van der Waals surface area (Å²) < 4.78 is 1.63. The summed E-state index contributed by atoms with van der Waals surface area (Å²) in [5, 5.41) is 16.4. The Balaban J connectivity index is 2.27. The van der Waals surface area contributed by atoms with E-state index in [1.807, 2.05) is 0 Å². The largest absolute Gasteiger partial charge is 0.480 e. The fourth-order valence-corrected chi connectivity index (χ4v) is 3.68. The van der Waals surface area contributed by atoms with Crippen LogP contribution in [0.1, 0.15) is 34.6 Å².